The Kier molecular flexibility index (Phi) is 5.83. The third-order valence-corrected chi connectivity index (χ3v) is 3.83. The molecule has 0 aliphatic carbocycles. The molecule has 0 saturated heterocycles. The summed E-state index contributed by atoms with van der Waals surface area (Å²) < 4.78 is 22.1. The van der Waals surface area contributed by atoms with E-state index in [-0.39, 0.29) is 18.6 Å². The van der Waals surface area contributed by atoms with Gasteiger partial charge in [0.1, 0.15) is 15.9 Å². The molecule has 0 aliphatic heterocycles. The van der Waals surface area contributed by atoms with Crippen LogP contribution < -0.4 is 5.32 Å². The van der Waals surface area contributed by atoms with E-state index >= 15 is 0 Å². The summed E-state index contributed by atoms with van der Waals surface area (Å²) in [6.07, 6.45) is 2.36. The molecule has 1 heterocycles. The van der Waals surface area contributed by atoms with Crippen LogP contribution in [-0.4, -0.2) is 48.4 Å². The SMILES string of the molecule is Cc1cccnc1CC(=O)NC(CCS(C)(=O)=O)C(=O)O. The van der Waals surface area contributed by atoms with E-state index in [1.165, 1.54) is 0 Å². The Morgan fingerprint density at radius 1 is 1.43 bits per heavy atom. The van der Waals surface area contributed by atoms with Gasteiger partial charge in [-0.25, -0.2) is 13.2 Å². The molecule has 1 amide bonds. The van der Waals surface area contributed by atoms with Crippen molar-refractivity contribution >= 4 is 21.7 Å². The predicted octanol–water partition coefficient (Wildman–Crippen LogP) is -0.0634. The Morgan fingerprint density at radius 3 is 2.62 bits per heavy atom. The largest absolute Gasteiger partial charge is 0.480 e. The number of carboxylic acids is 1. The van der Waals surface area contributed by atoms with Gasteiger partial charge in [0.05, 0.1) is 17.9 Å². The van der Waals surface area contributed by atoms with Crippen molar-refractivity contribution in [2.24, 2.45) is 0 Å². The first-order valence-electron chi connectivity index (χ1n) is 6.29. The molecule has 116 valence electrons. The number of sulfone groups is 1. The quantitative estimate of drug-likeness (QED) is 0.728. The number of carboxylic acid groups (broad SMARTS) is 1. The zero-order valence-electron chi connectivity index (χ0n) is 11.9. The monoisotopic (exact) mass is 314 g/mol. The van der Waals surface area contributed by atoms with Gasteiger partial charge >= 0.3 is 5.97 Å². The highest BCUT2D eigenvalue weighted by molar-refractivity contribution is 7.90. The van der Waals surface area contributed by atoms with Gasteiger partial charge in [0, 0.05) is 12.5 Å². The third kappa shape index (κ3) is 6.35. The second kappa shape index (κ2) is 7.16. The van der Waals surface area contributed by atoms with Crippen LogP contribution in [0.3, 0.4) is 0 Å². The van der Waals surface area contributed by atoms with Gasteiger partial charge in [0.2, 0.25) is 5.91 Å². The zero-order valence-corrected chi connectivity index (χ0v) is 12.7. The van der Waals surface area contributed by atoms with Gasteiger partial charge in [-0.1, -0.05) is 6.07 Å². The first-order valence-corrected chi connectivity index (χ1v) is 8.35. The number of pyridine rings is 1. The molecule has 0 aliphatic rings. The van der Waals surface area contributed by atoms with Crippen molar-refractivity contribution in [3.8, 4) is 0 Å². The minimum atomic E-state index is -3.28. The van der Waals surface area contributed by atoms with Crippen molar-refractivity contribution < 1.29 is 23.1 Å². The molecule has 1 aromatic heterocycles. The molecular weight excluding hydrogens is 296 g/mol. The fourth-order valence-corrected chi connectivity index (χ4v) is 2.35. The molecule has 2 N–H and O–H groups in total. The van der Waals surface area contributed by atoms with Crippen LogP contribution in [0.15, 0.2) is 18.3 Å². The molecule has 21 heavy (non-hydrogen) atoms. The van der Waals surface area contributed by atoms with Crippen LogP contribution in [0.4, 0.5) is 0 Å². The van der Waals surface area contributed by atoms with Gasteiger partial charge in [-0.05, 0) is 25.0 Å². The van der Waals surface area contributed by atoms with E-state index in [1.807, 2.05) is 0 Å². The number of carbonyl (C=O) groups is 2. The normalized spacial score (nSPS) is 12.7. The smallest absolute Gasteiger partial charge is 0.326 e. The summed E-state index contributed by atoms with van der Waals surface area (Å²) in [5.41, 5.74) is 1.39. The van der Waals surface area contributed by atoms with Crippen molar-refractivity contribution in [2.45, 2.75) is 25.8 Å². The summed E-state index contributed by atoms with van der Waals surface area (Å²) >= 11 is 0. The van der Waals surface area contributed by atoms with Crippen molar-refractivity contribution in [1.82, 2.24) is 10.3 Å². The van der Waals surface area contributed by atoms with Gasteiger partial charge in [-0.2, -0.15) is 0 Å². The number of aliphatic carboxylic acids is 1. The number of amides is 1. The standard InChI is InChI=1S/C13H18N2O5S/c1-9-4-3-6-14-11(9)8-12(16)15-10(13(17)18)5-7-21(2,19)20/h3-4,6,10H,5,7-8H2,1-2H3,(H,15,16)(H,17,18). The highest BCUT2D eigenvalue weighted by Gasteiger charge is 2.22. The van der Waals surface area contributed by atoms with Gasteiger partial charge in [-0.15, -0.1) is 0 Å². The maximum Gasteiger partial charge on any atom is 0.326 e. The Balaban J connectivity index is 2.65. The van der Waals surface area contributed by atoms with Crippen LogP contribution in [0.2, 0.25) is 0 Å². The van der Waals surface area contributed by atoms with Crippen molar-refractivity contribution in [2.75, 3.05) is 12.0 Å². The Hall–Kier alpha value is -1.96. The minimum absolute atomic E-state index is 0.0463. The van der Waals surface area contributed by atoms with Gasteiger partial charge in [0.15, 0.2) is 0 Å². The van der Waals surface area contributed by atoms with E-state index in [0.29, 0.717) is 5.69 Å². The molecule has 0 spiro atoms. The Labute approximate surface area is 123 Å². The second-order valence-corrected chi connectivity index (χ2v) is 7.08. The molecule has 0 bridgehead atoms. The van der Waals surface area contributed by atoms with Gasteiger partial charge in [0.25, 0.3) is 0 Å². The van der Waals surface area contributed by atoms with Crippen LogP contribution in [-0.2, 0) is 25.8 Å². The number of aromatic nitrogens is 1. The lowest BCUT2D eigenvalue weighted by Crippen LogP contribution is -2.42. The molecule has 0 radical (unpaired) electrons. The maximum absolute atomic E-state index is 11.8. The fourth-order valence-electron chi connectivity index (χ4n) is 1.69. The number of nitrogens with zero attached hydrogens (tertiary/aromatic N) is 1. The fraction of sp³-hybridized carbons (Fsp3) is 0.462. The van der Waals surface area contributed by atoms with E-state index in [4.69, 9.17) is 5.11 Å². The van der Waals surface area contributed by atoms with Gasteiger partial charge < -0.3 is 10.4 Å². The first-order chi connectivity index (χ1) is 9.69. The molecule has 1 rings (SSSR count). The number of hydrogen-bond donors (Lipinski definition) is 2. The highest BCUT2D eigenvalue weighted by Crippen LogP contribution is 2.05. The lowest BCUT2D eigenvalue weighted by molar-refractivity contribution is -0.141. The molecule has 7 nitrogen and oxygen atoms in total. The number of hydrogen-bond acceptors (Lipinski definition) is 5. The zero-order chi connectivity index (χ0) is 16.0. The maximum atomic E-state index is 11.8. The lowest BCUT2D eigenvalue weighted by Gasteiger charge is -2.14. The van der Waals surface area contributed by atoms with Crippen molar-refractivity contribution in [3.05, 3.63) is 29.6 Å². The Bertz CT molecular complexity index is 627. The summed E-state index contributed by atoms with van der Waals surface area (Å²) in [5.74, 6) is -2.06. The minimum Gasteiger partial charge on any atom is -0.480 e. The summed E-state index contributed by atoms with van der Waals surface area (Å²) in [6.45, 7) is 1.80. The number of nitrogens with one attached hydrogen (secondary N) is 1. The molecule has 0 aromatic carbocycles. The van der Waals surface area contributed by atoms with Gasteiger partial charge in [-0.3, -0.25) is 9.78 Å². The molecule has 1 atom stereocenters. The van der Waals surface area contributed by atoms with E-state index in [0.717, 1.165) is 11.8 Å². The topological polar surface area (TPSA) is 113 Å². The lowest BCUT2D eigenvalue weighted by atomic mass is 10.1. The predicted molar refractivity (Wildman–Crippen MR) is 76.6 cm³/mol. The summed E-state index contributed by atoms with van der Waals surface area (Å²) in [6, 6.07) is 2.31. The molecule has 1 aromatic rings. The van der Waals surface area contributed by atoms with Crippen LogP contribution in [0.25, 0.3) is 0 Å². The molecule has 1 unspecified atom stereocenters. The summed E-state index contributed by atoms with van der Waals surface area (Å²) in [7, 11) is -3.28. The van der Waals surface area contributed by atoms with Crippen LogP contribution >= 0.6 is 0 Å². The molecule has 0 saturated carbocycles. The average molecular weight is 314 g/mol. The van der Waals surface area contributed by atoms with Crippen molar-refractivity contribution in [3.63, 3.8) is 0 Å². The van der Waals surface area contributed by atoms with E-state index < -0.39 is 27.8 Å². The number of rotatable bonds is 7. The molecular formula is C13H18N2O5S. The van der Waals surface area contributed by atoms with E-state index in [1.54, 1.807) is 25.3 Å². The number of aryl methyl sites for hydroxylation is 1. The second-order valence-electron chi connectivity index (χ2n) is 4.82. The van der Waals surface area contributed by atoms with Crippen molar-refractivity contribution in [1.29, 1.82) is 0 Å². The van der Waals surface area contributed by atoms with Crippen LogP contribution in [0, 0.1) is 6.92 Å². The van der Waals surface area contributed by atoms with Crippen LogP contribution in [0.1, 0.15) is 17.7 Å². The summed E-state index contributed by atoms with van der Waals surface area (Å²) in [5, 5.41) is 11.3. The molecule has 0 fully saturated rings. The average Bonchev–Trinajstić information content (AvgIpc) is 2.36. The molecule has 8 heteroatoms. The number of carbonyl (C=O) groups excluding carboxylic acids is 1. The van der Waals surface area contributed by atoms with E-state index in [2.05, 4.69) is 10.3 Å². The third-order valence-electron chi connectivity index (χ3n) is 2.86. The Morgan fingerprint density at radius 2 is 2.10 bits per heavy atom. The summed E-state index contributed by atoms with van der Waals surface area (Å²) in [4.78, 5) is 26.9. The van der Waals surface area contributed by atoms with E-state index in [9.17, 15) is 18.0 Å². The first kappa shape index (κ1) is 17.1. The highest BCUT2D eigenvalue weighted by atomic mass is 32.2. The van der Waals surface area contributed by atoms with Crippen LogP contribution in [0.5, 0.6) is 0 Å².